The summed E-state index contributed by atoms with van der Waals surface area (Å²) in [4.78, 5) is 12.9. The number of hydrogen-bond donors (Lipinski definition) is 1. The van der Waals surface area contributed by atoms with Gasteiger partial charge in [0.2, 0.25) is 0 Å². The summed E-state index contributed by atoms with van der Waals surface area (Å²) in [5.41, 5.74) is 2.55. The van der Waals surface area contributed by atoms with E-state index in [2.05, 4.69) is 28.2 Å². The van der Waals surface area contributed by atoms with Crippen LogP contribution in [0.2, 0.25) is 0 Å². The first kappa shape index (κ1) is 22.6. The molecule has 0 radical (unpaired) electrons. The monoisotopic (exact) mass is 465 g/mol. The summed E-state index contributed by atoms with van der Waals surface area (Å²) >= 11 is 3.53. The van der Waals surface area contributed by atoms with Crippen molar-refractivity contribution in [2.75, 3.05) is 11.1 Å². The number of halogens is 1. The number of aryl methyl sites for hydroxylation is 2. The summed E-state index contributed by atoms with van der Waals surface area (Å²) in [5, 5.41) is 2.90. The number of rotatable bonds is 6. The average Bonchev–Trinajstić information content (AvgIpc) is 2.55. The molecular formula is C22H28BrNO3S. The van der Waals surface area contributed by atoms with Gasteiger partial charge in [0.25, 0.3) is 5.91 Å². The highest BCUT2D eigenvalue weighted by atomic mass is 79.9. The van der Waals surface area contributed by atoms with Gasteiger partial charge in [-0.05, 0) is 66.3 Å². The van der Waals surface area contributed by atoms with Crippen LogP contribution in [-0.2, 0) is 16.3 Å². The van der Waals surface area contributed by atoms with Crippen LogP contribution >= 0.6 is 15.9 Å². The zero-order valence-electron chi connectivity index (χ0n) is 17.1. The normalized spacial score (nSPS) is 12.1. The maximum atomic E-state index is 12.7. The highest BCUT2D eigenvalue weighted by Gasteiger charge is 2.25. The van der Waals surface area contributed by atoms with Gasteiger partial charge in [-0.25, -0.2) is 8.42 Å². The van der Waals surface area contributed by atoms with E-state index in [1.807, 2.05) is 39.0 Å². The number of amides is 1. The SMILES string of the molecule is CCCc1cc(NC(=O)c2ccc(S(=O)(=O)CC(C)(C)C)c(C)c2)ccc1Br. The molecule has 0 aliphatic carbocycles. The molecule has 0 saturated carbocycles. The lowest BCUT2D eigenvalue weighted by molar-refractivity contribution is 0.102. The van der Waals surface area contributed by atoms with E-state index >= 15 is 0 Å². The highest BCUT2D eigenvalue weighted by molar-refractivity contribution is 9.10. The van der Waals surface area contributed by atoms with E-state index in [0.29, 0.717) is 11.1 Å². The average molecular weight is 466 g/mol. The summed E-state index contributed by atoms with van der Waals surface area (Å²) in [6, 6.07) is 10.5. The quantitative estimate of drug-likeness (QED) is 0.587. The van der Waals surface area contributed by atoms with Crippen LogP contribution in [0.15, 0.2) is 45.8 Å². The molecule has 0 atom stereocenters. The van der Waals surface area contributed by atoms with E-state index in [9.17, 15) is 13.2 Å². The molecule has 0 spiro atoms. The Morgan fingerprint density at radius 3 is 2.36 bits per heavy atom. The third kappa shape index (κ3) is 5.92. The second-order valence-corrected chi connectivity index (χ2v) is 11.1. The van der Waals surface area contributed by atoms with Crippen molar-refractivity contribution in [1.82, 2.24) is 0 Å². The molecule has 2 aromatic carbocycles. The van der Waals surface area contributed by atoms with E-state index in [1.54, 1.807) is 19.1 Å². The van der Waals surface area contributed by atoms with Crippen LogP contribution in [0.5, 0.6) is 0 Å². The third-order valence-electron chi connectivity index (χ3n) is 4.22. The Morgan fingerprint density at radius 1 is 1.11 bits per heavy atom. The van der Waals surface area contributed by atoms with Gasteiger partial charge in [-0.2, -0.15) is 0 Å². The number of nitrogens with one attached hydrogen (secondary N) is 1. The summed E-state index contributed by atoms with van der Waals surface area (Å²) < 4.78 is 26.4. The third-order valence-corrected chi connectivity index (χ3v) is 7.37. The van der Waals surface area contributed by atoms with Crippen LogP contribution in [0.3, 0.4) is 0 Å². The zero-order valence-corrected chi connectivity index (χ0v) is 19.5. The minimum Gasteiger partial charge on any atom is -0.322 e. The fraction of sp³-hybridized carbons (Fsp3) is 0.409. The van der Waals surface area contributed by atoms with Gasteiger partial charge in [-0.1, -0.05) is 50.0 Å². The molecule has 0 aliphatic heterocycles. The van der Waals surface area contributed by atoms with Crippen molar-refractivity contribution >= 4 is 37.4 Å². The van der Waals surface area contributed by atoms with Crippen molar-refractivity contribution in [3.8, 4) is 0 Å². The molecule has 0 saturated heterocycles. The largest absolute Gasteiger partial charge is 0.322 e. The van der Waals surface area contributed by atoms with Gasteiger partial charge in [0, 0.05) is 15.7 Å². The van der Waals surface area contributed by atoms with Crippen molar-refractivity contribution < 1.29 is 13.2 Å². The summed E-state index contributed by atoms with van der Waals surface area (Å²) in [5.74, 6) is -0.196. The number of carbonyl (C=O) groups is 1. The van der Waals surface area contributed by atoms with Crippen LogP contribution in [0.1, 0.15) is 55.6 Å². The molecule has 4 nitrogen and oxygen atoms in total. The van der Waals surface area contributed by atoms with Crippen molar-refractivity contribution in [1.29, 1.82) is 0 Å². The summed E-state index contributed by atoms with van der Waals surface area (Å²) in [6.45, 7) is 9.52. The number of anilines is 1. The van der Waals surface area contributed by atoms with Crippen molar-refractivity contribution in [2.24, 2.45) is 5.41 Å². The standard InChI is InChI=1S/C22H28BrNO3S/c1-6-7-16-13-18(9-10-19(16)23)24-21(25)17-8-11-20(15(2)12-17)28(26,27)14-22(3,4)5/h8-13H,6-7,14H2,1-5H3,(H,24,25). The molecule has 2 aromatic rings. The van der Waals surface area contributed by atoms with Gasteiger partial charge in [-0.15, -0.1) is 0 Å². The van der Waals surface area contributed by atoms with Gasteiger partial charge in [0.1, 0.15) is 0 Å². The molecular weight excluding hydrogens is 438 g/mol. The molecule has 0 aromatic heterocycles. The molecule has 6 heteroatoms. The molecule has 0 unspecified atom stereocenters. The van der Waals surface area contributed by atoms with Crippen LogP contribution in [0.4, 0.5) is 5.69 Å². The van der Waals surface area contributed by atoms with Gasteiger partial charge < -0.3 is 5.32 Å². The number of benzene rings is 2. The zero-order chi connectivity index (χ0) is 21.1. The fourth-order valence-corrected chi connectivity index (χ4v) is 5.67. The van der Waals surface area contributed by atoms with Crippen molar-refractivity contribution in [2.45, 2.75) is 52.4 Å². The lowest BCUT2D eigenvalue weighted by Gasteiger charge is -2.19. The lowest BCUT2D eigenvalue weighted by Crippen LogP contribution is -2.21. The predicted octanol–water partition coefficient (Wildman–Crippen LogP) is 5.78. The van der Waals surface area contributed by atoms with Crippen molar-refractivity contribution in [3.63, 3.8) is 0 Å². The molecule has 152 valence electrons. The van der Waals surface area contributed by atoms with E-state index in [-0.39, 0.29) is 22.0 Å². The van der Waals surface area contributed by atoms with Crippen LogP contribution in [0.25, 0.3) is 0 Å². The molecule has 1 amide bonds. The summed E-state index contributed by atoms with van der Waals surface area (Å²) in [6.07, 6.45) is 1.93. The highest BCUT2D eigenvalue weighted by Crippen LogP contribution is 2.26. The molecule has 28 heavy (non-hydrogen) atoms. The first-order chi connectivity index (χ1) is 12.9. The smallest absolute Gasteiger partial charge is 0.255 e. The maximum absolute atomic E-state index is 12.7. The van der Waals surface area contributed by atoms with Crippen LogP contribution in [0, 0.1) is 12.3 Å². The van der Waals surface area contributed by atoms with Gasteiger partial charge in [0.15, 0.2) is 9.84 Å². The molecule has 0 bridgehead atoms. The Labute approximate surface area is 176 Å². The van der Waals surface area contributed by atoms with E-state index in [0.717, 1.165) is 28.6 Å². The number of carbonyl (C=O) groups excluding carboxylic acids is 1. The molecule has 1 N–H and O–H groups in total. The van der Waals surface area contributed by atoms with Gasteiger partial charge in [0.05, 0.1) is 10.6 Å². The van der Waals surface area contributed by atoms with Gasteiger partial charge in [-0.3, -0.25) is 4.79 Å². The summed E-state index contributed by atoms with van der Waals surface area (Å²) in [7, 11) is -3.40. The number of hydrogen-bond acceptors (Lipinski definition) is 3. The molecule has 0 aliphatic rings. The minimum absolute atomic E-state index is 0.0610. The lowest BCUT2D eigenvalue weighted by atomic mass is 10.0. The van der Waals surface area contributed by atoms with Crippen molar-refractivity contribution in [3.05, 3.63) is 57.6 Å². The topological polar surface area (TPSA) is 63.2 Å². The van der Waals surface area contributed by atoms with Crippen LogP contribution < -0.4 is 5.32 Å². The van der Waals surface area contributed by atoms with Crippen LogP contribution in [-0.4, -0.2) is 20.1 Å². The van der Waals surface area contributed by atoms with E-state index in [1.165, 1.54) is 6.07 Å². The second kappa shape index (κ2) is 8.78. The van der Waals surface area contributed by atoms with E-state index < -0.39 is 9.84 Å². The minimum atomic E-state index is -3.40. The Morgan fingerprint density at radius 2 is 1.79 bits per heavy atom. The van der Waals surface area contributed by atoms with Gasteiger partial charge >= 0.3 is 0 Å². The Balaban J connectivity index is 2.24. The Bertz CT molecular complexity index is 976. The second-order valence-electron chi connectivity index (χ2n) is 8.31. The number of sulfone groups is 1. The predicted molar refractivity (Wildman–Crippen MR) is 119 cm³/mol. The molecule has 0 heterocycles. The first-order valence-corrected chi connectivity index (χ1v) is 11.8. The fourth-order valence-electron chi connectivity index (χ4n) is 3.10. The van der Waals surface area contributed by atoms with E-state index in [4.69, 9.17) is 0 Å². The maximum Gasteiger partial charge on any atom is 0.255 e. The Hall–Kier alpha value is -1.66. The Kier molecular flexibility index (Phi) is 7.10. The molecule has 0 fully saturated rings. The first-order valence-electron chi connectivity index (χ1n) is 9.36. The molecule has 2 rings (SSSR count).